The van der Waals surface area contributed by atoms with Crippen molar-refractivity contribution < 1.29 is 19.4 Å². The molecule has 0 aromatic carbocycles. The van der Waals surface area contributed by atoms with Gasteiger partial charge >= 0.3 is 93.7 Å². The van der Waals surface area contributed by atoms with Gasteiger partial charge in [0.1, 0.15) is 0 Å². The fourth-order valence-electron chi connectivity index (χ4n) is 1.99. The zero-order valence-electron chi connectivity index (χ0n) is 11.9. The average molecular weight is 419 g/mol. The molecule has 0 nitrogen and oxygen atoms in total. The molecule has 1 heteroatoms. The molecule has 0 N–H and O–H groups in total. The number of rotatable bonds is 14. The quantitative estimate of drug-likeness (QED) is 0.258. The zero-order chi connectivity index (χ0) is 13.3. The Morgan fingerprint density at radius 2 is 1.06 bits per heavy atom. The van der Waals surface area contributed by atoms with Gasteiger partial charge in [-0.15, -0.1) is 6.58 Å². The van der Waals surface area contributed by atoms with Gasteiger partial charge in [-0.3, -0.25) is 0 Å². The van der Waals surface area contributed by atoms with Crippen LogP contribution in [0.3, 0.4) is 0 Å². The Morgan fingerprint density at radius 1 is 0.611 bits per heavy atom. The van der Waals surface area contributed by atoms with Gasteiger partial charge in [-0.1, -0.05) is 12.5 Å². The summed E-state index contributed by atoms with van der Waals surface area (Å²) in [4.78, 5) is 0. The summed E-state index contributed by atoms with van der Waals surface area (Å²) in [5.74, 6) is 0. The van der Waals surface area contributed by atoms with E-state index in [-0.39, 0.29) is 0 Å². The van der Waals surface area contributed by atoms with Crippen LogP contribution in [0.15, 0.2) is 24.8 Å². The van der Waals surface area contributed by atoms with E-state index < -0.39 is 0 Å². The van der Waals surface area contributed by atoms with Gasteiger partial charge in [-0.2, -0.15) is 0 Å². The monoisotopic (exact) mass is 419 g/mol. The molecule has 0 aromatic rings. The second kappa shape index (κ2) is 17.0. The Kier molecular flexibility index (Phi) is 17.1. The van der Waals surface area contributed by atoms with Crippen LogP contribution in [0.5, 0.6) is 0 Å². The SMILES string of the molecule is C=CCCCCCC/C=C/CCCCCC[CH]=[WH]. The summed E-state index contributed by atoms with van der Waals surface area (Å²) < 4.78 is 2.38. The topological polar surface area (TPSA) is 0 Å². The summed E-state index contributed by atoms with van der Waals surface area (Å²) in [5.41, 5.74) is 0. The van der Waals surface area contributed by atoms with Crippen molar-refractivity contribution in [2.45, 2.75) is 77.0 Å². The van der Waals surface area contributed by atoms with Crippen molar-refractivity contribution in [1.82, 2.24) is 0 Å². The molecule has 0 unspecified atom stereocenters. The third-order valence-corrected chi connectivity index (χ3v) is 4.08. The third-order valence-electron chi connectivity index (χ3n) is 3.15. The Balaban J connectivity index is 3.04. The fourth-order valence-corrected chi connectivity index (χ4v) is 2.65. The third kappa shape index (κ3) is 16.0. The van der Waals surface area contributed by atoms with Crippen LogP contribution < -0.4 is 0 Å². The van der Waals surface area contributed by atoms with Crippen molar-refractivity contribution in [1.29, 1.82) is 0 Å². The number of allylic oxidation sites excluding steroid dienone is 3. The predicted octanol–water partition coefficient (Wildman–Crippen LogP) is 5.49. The Bertz CT molecular complexity index is 184. The van der Waals surface area contributed by atoms with Gasteiger partial charge in [0, 0.05) is 0 Å². The van der Waals surface area contributed by atoms with E-state index in [9.17, 15) is 0 Å². The second-order valence-corrected chi connectivity index (χ2v) is 6.24. The van der Waals surface area contributed by atoms with E-state index in [2.05, 4.69) is 23.1 Å². The van der Waals surface area contributed by atoms with Gasteiger partial charge in [0.2, 0.25) is 0 Å². The Morgan fingerprint density at radius 3 is 1.50 bits per heavy atom. The van der Waals surface area contributed by atoms with Crippen LogP contribution in [0.25, 0.3) is 0 Å². The second-order valence-electron chi connectivity index (χ2n) is 4.93. The summed E-state index contributed by atoms with van der Waals surface area (Å²) in [5, 5.41) is 0. The zero-order valence-corrected chi connectivity index (χ0v) is 15.2. The van der Waals surface area contributed by atoms with Gasteiger partial charge in [0.25, 0.3) is 0 Å². The van der Waals surface area contributed by atoms with Crippen LogP contribution in [-0.4, -0.2) is 4.40 Å². The van der Waals surface area contributed by atoms with Crippen molar-refractivity contribution in [3.05, 3.63) is 24.8 Å². The van der Waals surface area contributed by atoms with Gasteiger partial charge < -0.3 is 0 Å². The molecule has 0 atom stereocenters. The molecule has 0 radical (unpaired) electrons. The van der Waals surface area contributed by atoms with Crippen LogP contribution in [0, 0.1) is 0 Å². The first-order valence-electron chi connectivity index (χ1n) is 7.63. The summed E-state index contributed by atoms with van der Waals surface area (Å²) in [6, 6.07) is 0. The van der Waals surface area contributed by atoms with Gasteiger partial charge in [-0.25, -0.2) is 0 Å². The number of hydrogen-bond donors (Lipinski definition) is 0. The molecule has 0 bridgehead atoms. The molecular weight excluding hydrogens is 388 g/mol. The number of unbranched alkanes of at least 4 members (excludes halogenated alkanes) is 10. The van der Waals surface area contributed by atoms with E-state index in [1.807, 2.05) is 6.08 Å². The molecule has 0 aliphatic heterocycles. The van der Waals surface area contributed by atoms with Crippen molar-refractivity contribution in [2.24, 2.45) is 0 Å². The molecule has 0 heterocycles. The number of hydrogen-bond acceptors (Lipinski definition) is 0. The van der Waals surface area contributed by atoms with Crippen molar-refractivity contribution in [3.63, 3.8) is 0 Å². The molecule has 18 heavy (non-hydrogen) atoms. The molecule has 0 aliphatic rings. The fraction of sp³-hybridized carbons (Fsp3) is 0.706. The maximum absolute atomic E-state index is 3.75. The first-order chi connectivity index (χ1) is 8.91. The Labute approximate surface area is 125 Å². The first-order valence-corrected chi connectivity index (χ1v) is 9.49. The van der Waals surface area contributed by atoms with Crippen molar-refractivity contribution in [2.75, 3.05) is 0 Å². The van der Waals surface area contributed by atoms with Gasteiger partial charge in [-0.05, 0) is 12.8 Å². The van der Waals surface area contributed by atoms with E-state index in [4.69, 9.17) is 0 Å². The standard InChI is InChI=1S/C17H30.W.H/c1-3-5-7-9-11-13-15-17-16-14-12-10-8-6-4-2;;/h1,4,15,17H,2-3,5-14,16H2;;/b17-15+;;. The minimum absolute atomic E-state index is 1.19. The summed E-state index contributed by atoms with van der Waals surface area (Å²) >= 11 is 1.45. The van der Waals surface area contributed by atoms with Crippen molar-refractivity contribution in [3.8, 4) is 0 Å². The summed E-state index contributed by atoms with van der Waals surface area (Å²) in [6.07, 6.45) is 23.0. The van der Waals surface area contributed by atoms with E-state index in [0.29, 0.717) is 0 Å². The molecule has 0 aromatic heterocycles. The van der Waals surface area contributed by atoms with Crippen LogP contribution in [0.4, 0.5) is 0 Å². The molecule has 0 fully saturated rings. The van der Waals surface area contributed by atoms with Crippen molar-refractivity contribution >= 4 is 4.40 Å². The van der Waals surface area contributed by atoms with E-state index in [1.54, 1.807) is 0 Å². The Hall–Kier alpha value is 0.0383. The molecule has 0 rings (SSSR count). The van der Waals surface area contributed by atoms with Crippen LogP contribution in [0.1, 0.15) is 77.0 Å². The maximum atomic E-state index is 3.75. The molecule has 0 saturated carbocycles. The first kappa shape index (κ1) is 18.0. The predicted molar refractivity (Wildman–Crippen MR) is 82.2 cm³/mol. The normalized spacial score (nSPS) is 10.9. The molecule has 0 saturated heterocycles. The van der Waals surface area contributed by atoms with E-state index >= 15 is 0 Å². The molecular formula is C17H31W. The summed E-state index contributed by atoms with van der Waals surface area (Å²) in [7, 11) is 0. The van der Waals surface area contributed by atoms with E-state index in [0.717, 1.165) is 0 Å². The van der Waals surface area contributed by atoms with Gasteiger partial charge in [0.15, 0.2) is 0 Å². The van der Waals surface area contributed by atoms with Crippen LogP contribution in [0.2, 0.25) is 0 Å². The average Bonchev–Trinajstić information content (AvgIpc) is 2.39. The molecule has 0 aliphatic carbocycles. The van der Waals surface area contributed by atoms with Crippen LogP contribution >= 0.6 is 0 Å². The molecule has 0 spiro atoms. The summed E-state index contributed by atoms with van der Waals surface area (Å²) in [6.45, 7) is 3.75. The minimum atomic E-state index is 1.19. The van der Waals surface area contributed by atoms with Crippen LogP contribution in [-0.2, 0) is 19.4 Å². The molecule has 105 valence electrons. The molecule has 0 amide bonds. The van der Waals surface area contributed by atoms with E-state index in [1.165, 1.54) is 96.4 Å². The van der Waals surface area contributed by atoms with Gasteiger partial charge in [0.05, 0.1) is 0 Å².